The first-order valence-electron chi connectivity index (χ1n) is 5.33. The number of anilines is 1. The Morgan fingerprint density at radius 1 is 1.35 bits per heavy atom. The van der Waals surface area contributed by atoms with Crippen molar-refractivity contribution in [2.24, 2.45) is 0 Å². The number of sulfone groups is 1. The van der Waals surface area contributed by atoms with Crippen LogP contribution in [0.3, 0.4) is 0 Å². The maximum absolute atomic E-state index is 13.0. The highest BCUT2D eigenvalue weighted by molar-refractivity contribution is 7.91. The van der Waals surface area contributed by atoms with Crippen LogP contribution in [0.1, 0.15) is 13.3 Å². The van der Waals surface area contributed by atoms with Gasteiger partial charge < -0.3 is 5.32 Å². The molecule has 0 radical (unpaired) electrons. The topological polar surface area (TPSA) is 46.2 Å². The van der Waals surface area contributed by atoms with Gasteiger partial charge in [-0.2, -0.15) is 0 Å². The van der Waals surface area contributed by atoms with Crippen LogP contribution in [0.15, 0.2) is 18.2 Å². The molecule has 0 aliphatic carbocycles. The van der Waals surface area contributed by atoms with Crippen molar-refractivity contribution in [3.05, 3.63) is 29.0 Å². The molecule has 0 amide bonds. The summed E-state index contributed by atoms with van der Waals surface area (Å²) in [7, 11) is -2.93. The summed E-state index contributed by atoms with van der Waals surface area (Å²) in [4.78, 5) is 0. The van der Waals surface area contributed by atoms with Gasteiger partial charge in [-0.15, -0.1) is 0 Å². The molecule has 1 aromatic carbocycles. The molecule has 17 heavy (non-hydrogen) atoms. The Bertz CT molecular complexity index is 456. The van der Waals surface area contributed by atoms with Gasteiger partial charge in [0.05, 0.1) is 5.75 Å². The van der Waals surface area contributed by atoms with Gasteiger partial charge in [0.25, 0.3) is 0 Å². The number of rotatable bonds is 6. The van der Waals surface area contributed by atoms with Crippen LogP contribution in [-0.2, 0) is 9.84 Å². The van der Waals surface area contributed by atoms with E-state index in [0.29, 0.717) is 23.7 Å². The lowest BCUT2D eigenvalue weighted by atomic mass is 10.3. The predicted octanol–water partition coefficient (Wildman–Crippen LogP) is 2.72. The fourth-order valence-electron chi connectivity index (χ4n) is 1.33. The summed E-state index contributed by atoms with van der Waals surface area (Å²) in [5, 5.41) is 3.25. The van der Waals surface area contributed by atoms with Gasteiger partial charge in [0.1, 0.15) is 15.7 Å². The largest absolute Gasteiger partial charge is 0.385 e. The first kappa shape index (κ1) is 14.3. The molecule has 3 nitrogen and oxygen atoms in total. The van der Waals surface area contributed by atoms with Gasteiger partial charge in [-0.3, -0.25) is 0 Å². The highest BCUT2D eigenvalue weighted by Gasteiger charge is 2.06. The Morgan fingerprint density at radius 3 is 2.65 bits per heavy atom. The minimum Gasteiger partial charge on any atom is -0.385 e. The molecule has 0 heterocycles. The highest BCUT2D eigenvalue weighted by atomic mass is 35.5. The highest BCUT2D eigenvalue weighted by Crippen LogP contribution is 2.17. The van der Waals surface area contributed by atoms with Crippen molar-refractivity contribution in [1.82, 2.24) is 0 Å². The monoisotopic (exact) mass is 279 g/mol. The molecule has 0 fully saturated rings. The second-order valence-corrected chi connectivity index (χ2v) is 6.58. The Balaban J connectivity index is 2.41. The molecule has 0 aliphatic rings. The Morgan fingerprint density at radius 2 is 2.06 bits per heavy atom. The lowest BCUT2D eigenvalue weighted by Gasteiger charge is -2.07. The zero-order valence-electron chi connectivity index (χ0n) is 9.54. The van der Waals surface area contributed by atoms with Crippen LogP contribution in [0, 0.1) is 5.82 Å². The summed E-state index contributed by atoms with van der Waals surface area (Å²) < 4.78 is 35.4. The van der Waals surface area contributed by atoms with Crippen LogP contribution >= 0.6 is 11.6 Å². The van der Waals surface area contributed by atoms with Crippen LogP contribution in [0.4, 0.5) is 10.1 Å². The lowest BCUT2D eigenvalue weighted by Crippen LogP contribution is -2.12. The van der Waals surface area contributed by atoms with Crippen molar-refractivity contribution in [3.8, 4) is 0 Å². The second-order valence-electron chi connectivity index (χ2n) is 3.67. The fourth-order valence-corrected chi connectivity index (χ4v) is 2.42. The minimum absolute atomic E-state index is 0.138. The van der Waals surface area contributed by atoms with Crippen LogP contribution in [0.2, 0.25) is 5.02 Å². The number of halogens is 2. The zero-order chi connectivity index (χ0) is 12.9. The molecule has 0 aliphatic heterocycles. The molecular formula is C11H15ClFNO2S. The summed E-state index contributed by atoms with van der Waals surface area (Å²) in [6.45, 7) is 2.09. The van der Waals surface area contributed by atoms with Crippen molar-refractivity contribution in [1.29, 1.82) is 0 Å². The first-order valence-corrected chi connectivity index (χ1v) is 7.53. The van der Waals surface area contributed by atoms with Gasteiger partial charge in [-0.05, 0) is 24.6 Å². The first-order chi connectivity index (χ1) is 7.93. The maximum Gasteiger partial charge on any atom is 0.150 e. The molecule has 96 valence electrons. The molecule has 0 atom stereocenters. The standard InChI is InChI=1S/C11H15ClFNO2S/c1-2-17(15,16)5-3-4-14-11-7-9(12)6-10(13)8-11/h6-8,14H,2-5H2,1H3. The number of hydrogen-bond donors (Lipinski definition) is 1. The van der Waals surface area contributed by atoms with Crippen molar-refractivity contribution < 1.29 is 12.8 Å². The predicted molar refractivity (Wildman–Crippen MR) is 68.8 cm³/mol. The molecular weight excluding hydrogens is 265 g/mol. The van der Waals surface area contributed by atoms with E-state index < -0.39 is 15.7 Å². The molecule has 0 saturated heterocycles. The van der Waals surface area contributed by atoms with Crippen LogP contribution in [0.5, 0.6) is 0 Å². The van der Waals surface area contributed by atoms with E-state index in [4.69, 9.17) is 11.6 Å². The third-order valence-corrected chi connectivity index (χ3v) is 4.27. The van der Waals surface area contributed by atoms with Crippen molar-refractivity contribution in [3.63, 3.8) is 0 Å². The summed E-state index contributed by atoms with van der Waals surface area (Å²) >= 11 is 5.68. The second kappa shape index (κ2) is 6.21. The summed E-state index contributed by atoms with van der Waals surface area (Å²) in [5.74, 6) is -0.126. The van der Waals surface area contributed by atoms with E-state index in [1.165, 1.54) is 12.1 Å². The van der Waals surface area contributed by atoms with Crippen molar-refractivity contribution >= 4 is 27.1 Å². The van der Waals surface area contributed by atoms with Crippen molar-refractivity contribution in [2.45, 2.75) is 13.3 Å². The number of hydrogen-bond acceptors (Lipinski definition) is 3. The van der Waals surface area contributed by atoms with E-state index in [0.717, 1.165) is 0 Å². The van der Waals surface area contributed by atoms with E-state index in [1.54, 1.807) is 13.0 Å². The average molecular weight is 280 g/mol. The quantitative estimate of drug-likeness (QED) is 0.815. The van der Waals surface area contributed by atoms with E-state index in [2.05, 4.69) is 5.32 Å². The average Bonchev–Trinajstić information content (AvgIpc) is 2.23. The van der Waals surface area contributed by atoms with Gasteiger partial charge in [0.15, 0.2) is 0 Å². The molecule has 0 unspecified atom stereocenters. The van der Waals surface area contributed by atoms with E-state index in [9.17, 15) is 12.8 Å². The van der Waals surface area contributed by atoms with E-state index in [1.807, 2.05) is 0 Å². The van der Waals surface area contributed by atoms with Crippen LogP contribution in [-0.4, -0.2) is 26.5 Å². The van der Waals surface area contributed by atoms with Crippen LogP contribution < -0.4 is 5.32 Å². The lowest BCUT2D eigenvalue weighted by molar-refractivity contribution is 0.595. The van der Waals surface area contributed by atoms with E-state index >= 15 is 0 Å². The number of benzene rings is 1. The van der Waals surface area contributed by atoms with Gasteiger partial charge in [0.2, 0.25) is 0 Å². The number of nitrogens with one attached hydrogen (secondary N) is 1. The minimum atomic E-state index is -2.93. The molecule has 1 aromatic rings. The SMILES string of the molecule is CCS(=O)(=O)CCCNc1cc(F)cc(Cl)c1. The van der Waals surface area contributed by atoms with Crippen molar-refractivity contribution in [2.75, 3.05) is 23.4 Å². The molecule has 0 spiro atoms. The fraction of sp³-hybridized carbons (Fsp3) is 0.455. The summed E-state index contributed by atoms with van der Waals surface area (Å²) in [6.07, 6.45) is 0.490. The molecule has 1 N–H and O–H groups in total. The van der Waals surface area contributed by atoms with Gasteiger partial charge in [-0.1, -0.05) is 18.5 Å². The van der Waals surface area contributed by atoms with Gasteiger partial charge >= 0.3 is 0 Å². The molecule has 0 bridgehead atoms. The Hall–Kier alpha value is -0.810. The molecule has 0 saturated carbocycles. The third kappa shape index (κ3) is 5.37. The third-order valence-electron chi connectivity index (χ3n) is 2.26. The van der Waals surface area contributed by atoms with E-state index in [-0.39, 0.29) is 11.5 Å². The van der Waals surface area contributed by atoms with Crippen LogP contribution in [0.25, 0.3) is 0 Å². The zero-order valence-corrected chi connectivity index (χ0v) is 11.1. The van der Waals surface area contributed by atoms with Gasteiger partial charge in [0, 0.05) is 23.0 Å². The maximum atomic E-state index is 13.0. The molecule has 0 aromatic heterocycles. The summed E-state index contributed by atoms with van der Waals surface area (Å²) in [5.41, 5.74) is 0.559. The van der Waals surface area contributed by atoms with Gasteiger partial charge in [-0.25, -0.2) is 12.8 Å². The molecule has 6 heteroatoms. The Labute approximate surface area is 106 Å². The molecule has 1 rings (SSSR count). The normalized spacial score (nSPS) is 11.5. The Kier molecular flexibility index (Phi) is 5.21. The summed E-state index contributed by atoms with van der Waals surface area (Å²) in [6, 6.07) is 4.13. The smallest absolute Gasteiger partial charge is 0.150 e.